The van der Waals surface area contributed by atoms with Gasteiger partial charge in [0.25, 0.3) is 0 Å². The van der Waals surface area contributed by atoms with E-state index in [9.17, 15) is 17.6 Å². The molecule has 0 saturated carbocycles. The molecule has 0 bridgehead atoms. The van der Waals surface area contributed by atoms with Crippen molar-refractivity contribution in [3.63, 3.8) is 0 Å². The maximum Gasteiger partial charge on any atom is 0.420 e. The zero-order chi connectivity index (χ0) is 19.0. The van der Waals surface area contributed by atoms with Crippen LogP contribution in [0.15, 0.2) is 56.6 Å². The molecule has 2 heterocycles. The van der Waals surface area contributed by atoms with Crippen molar-refractivity contribution < 1.29 is 17.2 Å². The van der Waals surface area contributed by atoms with Crippen LogP contribution in [0.4, 0.5) is 4.39 Å². The summed E-state index contributed by atoms with van der Waals surface area (Å²) in [5, 5.41) is 0. The summed E-state index contributed by atoms with van der Waals surface area (Å²) in [5.41, 5.74) is 0.961. The van der Waals surface area contributed by atoms with Crippen LogP contribution >= 0.6 is 0 Å². The summed E-state index contributed by atoms with van der Waals surface area (Å²) in [6.45, 7) is 1.01. The second-order valence-electron chi connectivity index (χ2n) is 6.64. The van der Waals surface area contributed by atoms with Crippen LogP contribution in [-0.2, 0) is 16.6 Å². The highest BCUT2D eigenvalue weighted by Gasteiger charge is 2.27. The minimum atomic E-state index is -3.62. The van der Waals surface area contributed by atoms with Crippen LogP contribution < -0.4 is 5.76 Å². The van der Waals surface area contributed by atoms with Crippen molar-refractivity contribution in [2.75, 3.05) is 13.1 Å². The van der Waals surface area contributed by atoms with Crippen LogP contribution in [0.25, 0.3) is 11.1 Å². The van der Waals surface area contributed by atoms with Crippen LogP contribution in [0.1, 0.15) is 24.8 Å². The van der Waals surface area contributed by atoms with E-state index in [0.29, 0.717) is 24.2 Å². The molecule has 1 aliphatic heterocycles. The molecule has 1 saturated heterocycles. The van der Waals surface area contributed by atoms with E-state index in [1.54, 1.807) is 18.2 Å². The van der Waals surface area contributed by atoms with Gasteiger partial charge in [0.15, 0.2) is 5.58 Å². The Kier molecular flexibility index (Phi) is 4.61. The smallest absolute Gasteiger partial charge is 0.408 e. The van der Waals surface area contributed by atoms with Gasteiger partial charge in [0.1, 0.15) is 5.82 Å². The highest BCUT2D eigenvalue weighted by molar-refractivity contribution is 7.89. The molecule has 4 rings (SSSR count). The molecule has 0 unspecified atom stereocenters. The normalized spacial score (nSPS) is 16.0. The van der Waals surface area contributed by atoms with Crippen LogP contribution in [0.2, 0.25) is 0 Å². The average molecular weight is 390 g/mol. The highest BCUT2D eigenvalue weighted by Crippen LogP contribution is 2.24. The lowest BCUT2D eigenvalue weighted by atomic mass is 10.2. The number of rotatable bonds is 4. The number of nitrogens with zero attached hydrogens (tertiary/aromatic N) is 2. The van der Waals surface area contributed by atoms with Crippen LogP contribution in [0, 0.1) is 5.82 Å². The summed E-state index contributed by atoms with van der Waals surface area (Å²) in [4.78, 5) is 12.3. The van der Waals surface area contributed by atoms with Gasteiger partial charge in [0.05, 0.1) is 17.0 Å². The maximum absolute atomic E-state index is 13.9. The number of benzene rings is 2. The van der Waals surface area contributed by atoms with Crippen molar-refractivity contribution in [3.8, 4) is 0 Å². The third-order valence-electron chi connectivity index (χ3n) is 4.88. The molecular formula is C19H19FN2O4S. The SMILES string of the molecule is O=c1oc2cc(S(=O)(=O)N3CCCCC3)ccc2n1Cc1ccccc1F. The molecule has 6 nitrogen and oxygen atoms in total. The van der Waals surface area contributed by atoms with Gasteiger partial charge < -0.3 is 4.42 Å². The van der Waals surface area contributed by atoms with E-state index in [-0.39, 0.29) is 17.0 Å². The Balaban J connectivity index is 1.73. The van der Waals surface area contributed by atoms with E-state index in [0.717, 1.165) is 19.3 Å². The topological polar surface area (TPSA) is 72.5 Å². The minimum absolute atomic E-state index is 0.0106. The Morgan fingerprint density at radius 3 is 2.52 bits per heavy atom. The van der Waals surface area contributed by atoms with Crippen LogP contribution in [0.5, 0.6) is 0 Å². The second-order valence-corrected chi connectivity index (χ2v) is 8.58. The van der Waals surface area contributed by atoms with Crippen molar-refractivity contribution in [2.45, 2.75) is 30.7 Å². The monoisotopic (exact) mass is 390 g/mol. The fourth-order valence-corrected chi connectivity index (χ4v) is 4.94. The van der Waals surface area contributed by atoms with Crippen molar-refractivity contribution in [1.82, 2.24) is 8.87 Å². The van der Waals surface area contributed by atoms with E-state index < -0.39 is 21.6 Å². The molecule has 1 fully saturated rings. The summed E-state index contributed by atoms with van der Waals surface area (Å²) < 4.78 is 47.5. The molecule has 8 heteroatoms. The zero-order valence-electron chi connectivity index (χ0n) is 14.6. The lowest BCUT2D eigenvalue weighted by molar-refractivity contribution is 0.346. The van der Waals surface area contributed by atoms with E-state index in [1.807, 2.05) is 0 Å². The third-order valence-corrected chi connectivity index (χ3v) is 6.77. The maximum atomic E-state index is 13.9. The molecule has 0 spiro atoms. The van der Waals surface area contributed by atoms with Crippen molar-refractivity contribution in [1.29, 1.82) is 0 Å². The van der Waals surface area contributed by atoms with Gasteiger partial charge >= 0.3 is 5.76 Å². The van der Waals surface area contributed by atoms with E-state index in [1.165, 1.54) is 33.1 Å². The first-order valence-corrected chi connectivity index (χ1v) is 10.3. The van der Waals surface area contributed by atoms with E-state index in [2.05, 4.69) is 0 Å². The predicted octanol–water partition coefficient (Wildman–Crippen LogP) is 2.96. The molecule has 27 heavy (non-hydrogen) atoms. The van der Waals surface area contributed by atoms with Crippen molar-refractivity contribution in [2.24, 2.45) is 0 Å². The molecule has 2 aromatic carbocycles. The molecule has 0 radical (unpaired) electrons. The molecule has 142 valence electrons. The Bertz CT molecular complexity index is 1140. The molecule has 0 N–H and O–H groups in total. The van der Waals surface area contributed by atoms with Gasteiger partial charge in [0, 0.05) is 24.7 Å². The molecule has 1 aliphatic rings. The molecule has 1 aromatic heterocycles. The number of fused-ring (bicyclic) bond motifs is 1. The molecule has 0 atom stereocenters. The third kappa shape index (κ3) is 3.30. The zero-order valence-corrected chi connectivity index (χ0v) is 15.4. The van der Waals surface area contributed by atoms with Gasteiger partial charge in [0.2, 0.25) is 10.0 Å². The number of sulfonamides is 1. The predicted molar refractivity (Wildman–Crippen MR) is 98.6 cm³/mol. The summed E-state index contributed by atoms with van der Waals surface area (Å²) in [6.07, 6.45) is 2.71. The van der Waals surface area contributed by atoms with Gasteiger partial charge in [-0.25, -0.2) is 17.6 Å². The first-order valence-electron chi connectivity index (χ1n) is 8.84. The Labute approximate surface area is 155 Å². The fraction of sp³-hybridized carbons (Fsp3) is 0.316. The van der Waals surface area contributed by atoms with Gasteiger partial charge in [-0.1, -0.05) is 24.6 Å². The Morgan fingerprint density at radius 2 is 1.78 bits per heavy atom. The summed E-state index contributed by atoms with van der Waals surface area (Å²) in [7, 11) is -3.62. The van der Waals surface area contributed by atoms with Crippen LogP contribution in [0.3, 0.4) is 0 Å². The molecule has 0 amide bonds. The number of piperidine rings is 1. The molecule has 0 aliphatic carbocycles. The fourth-order valence-electron chi connectivity index (χ4n) is 3.41. The average Bonchev–Trinajstić information content (AvgIpc) is 2.99. The Morgan fingerprint density at radius 1 is 1.04 bits per heavy atom. The standard InChI is InChI=1S/C19H19FN2O4S/c20-16-7-3-2-6-14(16)13-22-17-9-8-15(12-18(17)26-19(22)23)27(24,25)21-10-4-1-5-11-21/h2-3,6-9,12H,1,4-5,10-11,13H2. The number of hydrogen-bond acceptors (Lipinski definition) is 4. The quantitative estimate of drug-likeness (QED) is 0.687. The molecular weight excluding hydrogens is 371 g/mol. The first kappa shape index (κ1) is 17.9. The van der Waals surface area contributed by atoms with Gasteiger partial charge in [-0.05, 0) is 31.0 Å². The summed E-state index contributed by atoms with van der Waals surface area (Å²) >= 11 is 0. The van der Waals surface area contributed by atoms with Crippen molar-refractivity contribution >= 4 is 21.1 Å². The van der Waals surface area contributed by atoms with E-state index >= 15 is 0 Å². The Hall–Kier alpha value is -2.45. The lowest BCUT2D eigenvalue weighted by Crippen LogP contribution is -2.35. The van der Waals surface area contributed by atoms with Gasteiger partial charge in [-0.15, -0.1) is 0 Å². The largest absolute Gasteiger partial charge is 0.420 e. The van der Waals surface area contributed by atoms with E-state index in [4.69, 9.17) is 4.42 Å². The highest BCUT2D eigenvalue weighted by atomic mass is 32.2. The first-order chi connectivity index (χ1) is 13.0. The van der Waals surface area contributed by atoms with Gasteiger partial charge in [-0.3, -0.25) is 4.57 Å². The minimum Gasteiger partial charge on any atom is -0.408 e. The number of aromatic nitrogens is 1. The summed E-state index contributed by atoms with van der Waals surface area (Å²) in [5.74, 6) is -1.07. The lowest BCUT2D eigenvalue weighted by Gasteiger charge is -2.25. The van der Waals surface area contributed by atoms with Crippen LogP contribution in [-0.4, -0.2) is 30.4 Å². The number of halogens is 1. The number of oxazole rings is 1. The summed E-state index contributed by atoms with van der Waals surface area (Å²) in [6, 6.07) is 10.6. The van der Waals surface area contributed by atoms with Gasteiger partial charge in [-0.2, -0.15) is 4.31 Å². The second kappa shape index (κ2) is 6.94. The van der Waals surface area contributed by atoms with Crippen molar-refractivity contribution in [3.05, 3.63) is 64.4 Å². The molecule has 3 aromatic rings. The number of hydrogen-bond donors (Lipinski definition) is 0.